The first-order valence-corrected chi connectivity index (χ1v) is 4.69. The van der Waals surface area contributed by atoms with E-state index < -0.39 is 0 Å². The molecule has 1 saturated heterocycles. The van der Waals surface area contributed by atoms with E-state index in [0.717, 1.165) is 6.04 Å². The smallest absolute Gasteiger partial charge is 0.0255 e. The molecule has 0 saturated carbocycles. The molecule has 2 atom stereocenters. The average molecular weight is 156 g/mol. The lowest BCUT2D eigenvalue weighted by Crippen LogP contribution is -2.40. The van der Waals surface area contributed by atoms with E-state index >= 15 is 0 Å². The number of hydrogen-bond acceptors (Lipinski definition) is 2. The van der Waals surface area contributed by atoms with E-state index in [1.54, 1.807) is 0 Å². The number of rotatable bonds is 3. The van der Waals surface area contributed by atoms with E-state index in [-0.39, 0.29) is 0 Å². The normalized spacial score (nSPS) is 31.6. The molecule has 0 aromatic heterocycles. The first-order valence-electron chi connectivity index (χ1n) is 4.69. The van der Waals surface area contributed by atoms with Crippen molar-refractivity contribution >= 4 is 0 Å². The molecule has 1 heterocycles. The lowest BCUT2D eigenvalue weighted by atomic mass is 10.1. The lowest BCUT2D eigenvalue weighted by molar-refractivity contribution is 0.229. The van der Waals surface area contributed by atoms with E-state index in [9.17, 15) is 0 Å². The summed E-state index contributed by atoms with van der Waals surface area (Å²) in [5.41, 5.74) is 0. The molecular weight excluding hydrogens is 136 g/mol. The monoisotopic (exact) mass is 156 g/mol. The molecule has 0 aromatic rings. The van der Waals surface area contributed by atoms with E-state index in [4.69, 9.17) is 0 Å². The second-order valence-electron chi connectivity index (χ2n) is 3.58. The molecule has 1 aliphatic rings. The van der Waals surface area contributed by atoms with Crippen LogP contribution in [0.1, 0.15) is 26.7 Å². The van der Waals surface area contributed by atoms with Crippen LogP contribution >= 0.6 is 0 Å². The van der Waals surface area contributed by atoms with Crippen LogP contribution in [0.15, 0.2) is 0 Å². The molecular formula is C9H20N2. The second kappa shape index (κ2) is 4.07. The topological polar surface area (TPSA) is 15.3 Å². The van der Waals surface area contributed by atoms with Gasteiger partial charge in [-0.05, 0) is 39.9 Å². The maximum absolute atomic E-state index is 3.47. The molecule has 11 heavy (non-hydrogen) atoms. The zero-order valence-electron chi connectivity index (χ0n) is 7.93. The van der Waals surface area contributed by atoms with Crippen LogP contribution in [-0.4, -0.2) is 37.1 Å². The van der Waals surface area contributed by atoms with Crippen LogP contribution in [0.25, 0.3) is 0 Å². The molecule has 2 nitrogen and oxygen atoms in total. The first kappa shape index (κ1) is 9.01. The standard InChI is InChI=1S/C9H20N2/c1-4-7-11(3)9-5-6-10-8(9)2/h8-10H,4-7H2,1-3H3. The molecule has 0 amide bonds. The second-order valence-corrected chi connectivity index (χ2v) is 3.58. The van der Waals surface area contributed by atoms with E-state index in [1.165, 1.54) is 25.9 Å². The van der Waals surface area contributed by atoms with Gasteiger partial charge < -0.3 is 10.2 Å². The zero-order chi connectivity index (χ0) is 8.27. The van der Waals surface area contributed by atoms with Gasteiger partial charge in [0, 0.05) is 12.1 Å². The van der Waals surface area contributed by atoms with Gasteiger partial charge >= 0.3 is 0 Å². The number of nitrogens with one attached hydrogen (secondary N) is 1. The van der Waals surface area contributed by atoms with Crippen molar-refractivity contribution in [2.75, 3.05) is 20.1 Å². The summed E-state index contributed by atoms with van der Waals surface area (Å²) in [4.78, 5) is 2.48. The highest BCUT2D eigenvalue weighted by Crippen LogP contribution is 2.12. The number of nitrogens with zero attached hydrogens (tertiary/aromatic N) is 1. The van der Waals surface area contributed by atoms with Crippen molar-refractivity contribution in [2.45, 2.75) is 38.8 Å². The Morgan fingerprint density at radius 3 is 2.73 bits per heavy atom. The Labute approximate surface area is 70.0 Å². The SMILES string of the molecule is CCCN(C)C1CCNC1C. The molecule has 2 heteroatoms. The van der Waals surface area contributed by atoms with E-state index in [2.05, 4.69) is 31.1 Å². The van der Waals surface area contributed by atoms with Crippen LogP contribution in [-0.2, 0) is 0 Å². The van der Waals surface area contributed by atoms with Crippen molar-refractivity contribution in [1.29, 1.82) is 0 Å². The van der Waals surface area contributed by atoms with Gasteiger partial charge in [-0.1, -0.05) is 6.92 Å². The Hall–Kier alpha value is -0.0800. The molecule has 2 unspecified atom stereocenters. The van der Waals surface area contributed by atoms with Gasteiger partial charge in [-0.3, -0.25) is 0 Å². The Kier molecular flexibility index (Phi) is 3.34. The minimum absolute atomic E-state index is 0.687. The molecule has 1 rings (SSSR count). The predicted molar refractivity (Wildman–Crippen MR) is 48.8 cm³/mol. The highest BCUT2D eigenvalue weighted by atomic mass is 15.2. The highest BCUT2D eigenvalue weighted by Gasteiger charge is 2.25. The van der Waals surface area contributed by atoms with Gasteiger partial charge in [-0.25, -0.2) is 0 Å². The quantitative estimate of drug-likeness (QED) is 0.658. The summed E-state index contributed by atoms with van der Waals surface area (Å²) >= 11 is 0. The van der Waals surface area contributed by atoms with Crippen molar-refractivity contribution in [3.05, 3.63) is 0 Å². The molecule has 66 valence electrons. The molecule has 1 N–H and O–H groups in total. The summed E-state index contributed by atoms with van der Waals surface area (Å²) in [6.45, 7) is 6.95. The van der Waals surface area contributed by atoms with Gasteiger partial charge in [0.15, 0.2) is 0 Å². The first-order chi connectivity index (χ1) is 5.25. The van der Waals surface area contributed by atoms with Crippen molar-refractivity contribution in [1.82, 2.24) is 10.2 Å². The van der Waals surface area contributed by atoms with Gasteiger partial charge in [0.25, 0.3) is 0 Å². The van der Waals surface area contributed by atoms with E-state index in [1.807, 2.05) is 0 Å². The average Bonchev–Trinajstić information content (AvgIpc) is 2.36. The van der Waals surface area contributed by atoms with Gasteiger partial charge in [0.1, 0.15) is 0 Å². The minimum atomic E-state index is 0.687. The predicted octanol–water partition coefficient (Wildman–Crippen LogP) is 1.08. The van der Waals surface area contributed by atoms with E-state index in [0.29, 0.717) is 6.04 Å². The minimum Gasteiger partial charge on any atom is -0.313 e. The Morgan fingerprint density at radius 2 is 2.27 bits per heavy atom. The van der Waals surface area contributed by atoms with Crippen LogP contribution in [0, 0.1) is 0 Å². The zero-order valence-corrected chi connectivity index (χ0v) is 7.93. The molecule has 0 bridgehead atoms. The fraction of sp³-hybridized carbons (Fsp3) is 1.00. The summed E-state index contributed by atoms with van der Waals surface area (Å²) in [5.74, 6) is 0. The molecule has 0 radical (unpaired) electrons. The van der Waals surface area contributed by atoms with Crippen molar-refractivity contribution in [3.63, 3.8) is 0 Å². The van der Waals surface area contributed by atoms with Gasteiger partial charge in [-0.15, -0.1) is 0 Å². The van der Waals surface area contributed by atoms with Crippen molar-refractivity contribution in [3.8, 4) is 0 Å². The summed E-state index contributed by atoms with van der Waals surface area (Å²) in [5, 5.41) is 3.47. The third-order valence-corrected chi connectivity index (χ3v) is 2.63. The molecule has 1 fully saturated rings. The maximum atomic E-state index is 3.47. The van der Waals surface area contributed by atoms with Crippen LogP contribution in [0.3, 0.4) is 0 Å². The van der Waals surface area contributed by atoms with Gasteiger partial charge in [0.2, 0.25) is 0 Å². The largest absolute Gasteiger partial charge is 0.313 e. The number of likely N-dealkylation sites (N-methyl/N-ethyl adjacent to an activating group) is 1. The Bertz CT molecular complexity index is 114. The Balaban J connectivity index is 2.33. The van der Waals surface area contributed by atoms with Crippen LogP contribution in [0.4, 0.5) is 0 Å². The third-order valence-electron chi connectivity index (χ3n) is 2.63. The fourth-order valence-corrected chi connectivity index (χ4v) is 1.97. The molecule has 0 aromatic carbocycles. The number of hydrogen-bond donors (Lipinski definition) is 1. The summed E-state index contributed by atoms with van der Waals surface area (Å²) < 4.78 is 0. The summed E-state index contributed by atoms with van der Waals surface area (Å²) in [7, 11) is 2.23. The maximum Gasteiger partial charge on any atom is 0.0255 e. The van der Waals surface area contributed by atoms with Crippen LogP contribution < -0.4 is 5.32 Å². The third kappa shape index (κ3) is 2.17. The lowest BCUT2D eigenvalue weighted by Gasteiger charge is -2.26. The van der Waals surface area contributed by atoms with Crippen LogP contribution in [0.2, 0.25) is 0 Å². The van der Waals surface area contributed by atoms with Crippen molar-refractivity contribution in [2.24, 2.45) is 0 Å². The molecule has 0 aliphatic carbocycles. The summed E-state index contributed by atoms with van der Waals surface area (Å²) in [6, 6.07) is 1.46. The van der Waals surface area contributed by atoms with Gasteiger partial charge in [-0.2, -0.15) is 0 Å². The molecule has 1 aliphatic heterocycles. The molecule has 0 spiro atoms. The highest BCUT2D eigenvalue weighted by molar-refractivity contribution is 4.86. The summed E-state index contributed by atoms with van der Waals surface area (Å²) in [6.07, 6.45) is 2.58. The van der Waals surface area contributed by atoms with Gasteiger partial charge in [0.05, 0.1) is 0 Å². The fourth-order valence-electron chi connectivity index (χ4n) is 1.97. The van der Waals surface area contributed by atoms with Crippen LogP contribution in [0.5, 0.6) is 0 Å². The van der Waals surface area contributed by atoms with Crippen molar-refractivity contribution < 1.29 is 0 Å². The Morgan fingerprint density at radius 1 is 1.55 bits per heavy atom.